The summed E-state index contributed by atoms with van der Waals surface area (Å²) in [5.41, 5.74) is 3.00. The van der Waals surface area contributed by atoms with Gasteiger partial charge < -0.3 is 29.2 Å². The molecule has 2 atom stereocenters. The molecule has 338 valence electrons. The largest absolute Gasteiger partial charge is 0.490 e. The molecule has 1 aliphatic carbocycles. The van der Waals surface area contributed by atoms with Gasteiger partial charge in [0, 0.05) is 55.9 Å². The lowest BCUT2D eigenvalue weighted by molar-refractivity contribution is -0.136. The van der Waals surface area contributed by atoms with Crippen LogP contribution >= 0.6 is 0 Å². The van der Waals surface area contributed by atoms with E-state index in [4.69, 9.17) is 18.9 Å². The molecule has 15 heteroatoms. The Kier molecular flexibility index (Phi) is 14.6. The van der Waals surface area contributed by atoms with Crippen LogP contribution in [0.5, 0.6) is 11.5 Å². The summed E-state index contributed by atoms with van der Waals surface area (Å²) in [4.78, 5) is 71.2. The van der Waals surface area contributed by atoms with Crippen LogP contribution in [0, 0.1) is 17.7 Å². The lowest BCUT2D eigenvalue weighted by Gasteiger charge is -2.32. The fraction of sp³-hybridized carbons (Fsp3) is 0.469. The molecular formula is C49H56FN5O9. The zero-order chi connectivity index (χ0) is 44.6. The molecule has 4 heterocycles. The second-order valence-electron chi connectivity index (χ2n) is 17.2. The van der Waals surface area contributed by atoms with Crippen molar-refractivity contribution in [1.29, 1.82) is 0 Å². The Hall–Kier alpha value is -5.77. The van der Waals surface area contributed by atoms with Gasteiger partial charge in [0.2, 0.25) is 17.7 Å². The minimum Gasteiger partial charge on any atom is -0.490 e. The van der Waals surface area contributed by atoms with E-state index >= 15 is 0 Å². The number of hydrogen-bond donors (Lipinski definition) is 2. The summed E-state index contributed by atoms with van der Waals surface area (Å²) in [6, 6.07) is 18.2. The van der Waals surface area contributed by atoms with E-state index < -0.39 is 29.7 Å². The van der Waals surface area contributed by atoms with Crippen LogP contribution in [0.4, 0.5) is 10.1 Å². The number of pyridine rings is 1. The number of carbonyl (C=O) groups excluding carboxylic acids is 5. The third-order valence-electron chi connectivity index (χ3n) is 13.1. The van der Waals surface area contributed by atoms with E-state index in [2.05, 4.69) is 20.5 Å². The maximum atomic E-state index is 14.0. The van der Waals surface area contributed by atoms with Gasteiger partial charge in [0.1, 0.15) is 36.1 Å². The molecule has 4 aromatic rings. The van der Waals surface area contributed by atoms with E-state index in [-0.39, 0.29) is 66.7 Å². The minimum atomic E-state index is -1.04. The fourth-order valence-electron chi connectivity index (χ4n) is 9.48. The minimum absolute atomic E-state index is 0.0263. The van der Waals surface area contributed by atoms with Crippen molar-refractivity contribution >= 4 is 46.1 Å². The summed E-state index contributed by atoms with van der Waals surface area (Å²) >= 11 is 0. The number of anilines is 1. The number of ether oxygens (including phenoxy) is 4. The first kappa shape index (κ1) is 44.8. The molecule has 64 heavy (non-hydrogen) atoms. The third kappa shape index (κ3) is 10.6. The average Bonchev–Trinajstić information content (AvgIpc) is 3.56. The lowest BCUT2D eigenvalue weighted by Crippen LogP contribution is -2.54. The van der Waals surface area contributed by atoms with Gasteiger partial charge in [-0.1, -0.05) is 13.0 Å². The van der Waals surface area contributed by atoms with Gasteiger partial charge in [-0.15, -0.1) is 0 Å². The molecule has 3 aromatic carbocycles. The topological polar surface area (TPSA) is 166 Å². The number of hydrogen-bond acceptors (Lipinski definition) is 11. The Bertz CT molecular complexity index is 2330. The molecule has 1 unspecified atom stereocenters. The van der Waals surface area contributed by atoms with Gasteiger partial charge in [0.15, 0.2) is 0 Å². The SMILES string of the molecule is C[C@@H](C(=O)Nc1ccc(OC2CCN(CCCOCCOCCOc3cccc4c3C(=O)N(C3CCC(=O)NC3=O)C4=O)CC2)cc1)[C@H]1CC[C@@H](c2ccnc3ccc(F)cc32)CC1. The molecule has 8 rings (SSSR count). The molecule has 1 saturated carbocycles. The average molecular weight is 878 g/mol. The van der Waals surface area contributed by atoms with Crippen LogP contribution in [-0.4, -0.2) is 109 Å². The van der Waals surface area contributed by atoms with Crippen molar-refractivity contribution in [3.8, 4) is 11.5 Å². The van der Waals surface area contributed by atoms with Crippen LogP contribution in [-0.2, 0) is 23.9 Å². The Morgan fingerprint density at radius 3 is 2.38 bits per heavy atom. The van der Waals surface area contributed by atoms with Gasteiger partial charge in [-0.3, -0.25) is 39.2 Å². The van der Waals surface area contributed by atoms with Gasteiger partial charge in [-0.05, 0) is 129 Å². The summed E-state index contributed by atoms with van der Waals surface area (Å²) in [5, 5.41) is 6.20. The third-order valence-corrected chi connectivity index (χ3v) is 13.1. The molecule has 1 aromatic heterocycles. The highest BCUT2D eigenvalue weighted by Gasteiger charge is 2.46. The molecule has 3 aliphatic heterocycles. The summed E-state index contributed by atoms with van der Waals surface area (Å²) in [5.74, 6) is -0.957. The smallest absolute Gasteiger partial charge is 0.266 e. The quantitative estimate of drug-likeness (QED) is 0.0811. The summed E-state index contributed by atoms with van der Waals surface area (Å²) in [6.45, 7) is 6.67. The second kappa shape index (κ2) is 20.8. The summed E-state index contributed by atoms with van der Waals surface area (Å²) in [6.07, 6.45) is 8.65. The lowest BCUT2D eigenvalue weighted by atomic mass is 9.73. The molecular weight excluding hydrogens is 822 g/mol. The van der Waals surface area contributed by atoms with Crippen LogP contribution < -0.4 is 20.1 Å². The van der Waals surface area contributed by atoms with Crippen LogP contribution in [0.15, 0.2) is 72.9 Å². The second-order valence-corrected chi connectivity index (χ2v) is 17.2. The molecule has 0 radical (unpaired) electrons. The van der Waals surface area contributed by atoms with Gasteiger partial charge in [0.25, 0.3) is 11.8 Å². The number of halogens is 1. The highest BCUT2D eigenvalue weighted by Crippen LogP contribution is 2.41. The molecule has 4 aliphatic rings. The molecule has 5 amide bonds. The van der Waals surface area contributed by atoms with Crippen LogP contribution in [0.1, 0.15) is 96.9 Å². The van der Waals surface area contributed by atoms with E-state index in [9.17, 15) is 28.4 Å². The van der Waals surface area contributed by atoms with Crippen molar-refractivity contribution in [3.63, 3.8) is 0 Å². The number of rotatable bonds is 18. The van der Waals surface area contributed by atoms with Crippen molar-refractivity contribution in [1.82, 2.24) is 20.1 Å². The van der Waals surface area contributed by atoms with Gasteiger partial charge in [0.05, 0.1) is 36.5 Å². The number of carbonyl (C=O) groups is 5. The molecule has 14 nitrogen and oxygen atoms in total. The monoisotopic (exact) mass is 877 g/mol. The van der Waals surface area contributed by atoms with Crippen molar-refractivity contribution in [2.45, 2.75) is 82.8 Å². The normalized spacial score (nSPS) is 21.2. The molecule has 2 saturated heterocycles. The number of nitrogens with one attached hydrogen (secondary N) is 2. The first-order valence-corrected chi connectivity index (χ1v) is 22.6. The Balaban J connectivity index is 0.660. The number of amides is 5. The molecule has 3 fully saturated rings. The Labute approximate surface area is 372 Å². The van der Waals surface area contributed by atoms with Crippen LogP contribution in [0.25, 0.3) is 10.9 Å². The molecule has 0 bridgehead atoms. The number of piperidine rings is 2. The molecule has 0 spiro atoms. The van der Waals surface area contributed by atoms with Gasteiger partial charge >= 0.3 is 0 Å². The first-order valence-electron chi connectivity index (χ1n) is 22.6. The maximum Gasteiger partial charge on any atom is 0.266 e. The number of nitrogens with zero attached hydrogens (tertiary/aromatic N) is 3. The number of fused-ring (bicyclic) bond motifs is 2. The maximum absolute atomic E-state index is 14.0. The number of aromatic nitrogens is 1. The first-order chi connectivity index (χ1) is 31.1. The number of imide groups is 2. The van der Waals surface area contributed by atoms with E-state index in [0.717, 1.165) is 97.4 Å². The Morgan fingerprint density at radius 1 is 0.859 bits per heavy atom. The zero-order valence-corrected chi connectivity index (χ0v) is 36.2. The fourth-order valence-corrected chi connectivity index (χ4v) is 9.48. The summed E-state index contributed by atoms with van der Waals surface area (Å²) in [7, 11) is 0. The highest BCUT2D eigenvalue weighted by atomic mass is 19.1. The van der Waals surface area contributed by atoms with E-state index in [1.807, 2.05) is 43.5 Å². The van der Waals surface area contributed by atoms with Crippen molar-refractivity contribution in [3.05, 3.63) is 95.4 Å². The summed E-state index contributed by atoms with van der Waals surface area (Å²) < 4.78 is 37.6. The van der Waals surface area contributed by atoms with Crippen LogP contribution in [0.3, 0.4) is 0 Å². The van der Waals surface area contributed by atoms with Crippen molar-refractivity contribution < 1.29 is 47.3 Å². The van der Waals surface area contributed by atoms with E-state index in [1.165, 1.54) is 12.1 Å². The van der Waals surface area contributed by atoms with Crippen LogP contribution in [0.2, 0.25) is 0 Å². The van der Waals surface area contributed by atoms with E-state index in [0.29, 0.717) is 31.7 Å². The van der Waals surface area contributed by atoms with E-state index in [1.54, 1.807) is 24.3 Å². The van der Waals surface area contributed by atoms with Crippen molar-refractivity contribution in [2.24, 2.45) is 11.8 Å². The molecule has 2 N–H and O–H groups in total. The standard InChI is InChI=1S/C49H56FN5O9/c1-31(32-6-8-33(9-7-32)38-18-21-51-41-15-10-34(50)30-40(38)41)46(57)52-35-11-13-36(14-12-35)64-37-19-23-54(24-20-37)22-3-25-61-26-27-62-28-29-63-43-5-2-4-39-45(43)49(60)55(48(39)59)42-16-17-44(56)53-47(42)58/h2,4-5,10-15,18,21,30-33,37,42H,3,6-9,16-17,19-20,22-29H2,1H3,(H,52,57)(H,53,56,58)/t31-,32-,33+,42?/m1/s1. The zero-order valence-electron chi connectivity index (χ0n) is 36.2. The highest BCUT2D eigenvalue weighted by molar-refractivity contribution is 6.24. The predicted molar refractivity (Wildman–Crippen MR) is 236 cm³/mol. The van der Waals surface area contributed by atoms with Gasteiger partial charge in [-0.25, -0.2) is 4.39 Å². The van der Waals surface area contributed by atoms with Gasteiger partial charge in [-0.2, -0.15) is 0 Å². The van der Waals surface area contributed by atoms with Crippen molar-refractivity contribution in [2.75, 3.05) is 58.0 Å². The number of benzene rings is 3. The predicted octanol–water partition coefficient (Wildman–Crippen LogP) is 6.67. The number of likely N-dealkylation sites (tertiary alicyclic amines) is 1. The Morgan fingerprint density at radius 2 is 1.61 bits per heavy atom.